The molecule has 0 aliphatic heterocycles. The fourth-order valence-electron chi connectivity index (χ4n) is 2.97. The maximum absolute atomic E-state index is 12.6. The van der Waals surface area contributed by atoms with E-state index in [2.05, 4.69) is 43.6 Å². The van der Waals surface area contributed by atoms with E-state index in [4.69, 9.17) is 4.98 Å². The highest BCUT2D eigenvalue weighted by molar-refractivity contribution is 7.12. The lowest BCUT2D eigenvalue weighted by molar-refractivity contribution is 0.0926. The lowest BCUT2D eigenvalue weighted by Gasteiger charge is -2.24. The van der Waals surface area contributed by atoms with Gasteiger partial charge in [-0.2, -0.15) is 0 Å². The molecule has 0 spiro atoms. The second-order valence-electron chi connectivity index (χ2n) is 6.59. The predicted octanol–water partition coefficient (Wildman–Crippen LogP) is 4.81. The normalized spacial score (nSPS) is 12.9. The third-order valence-corrected chi connectivity index (χ3v) is 4.98. The topological polar surface area (TPSA) is 46.9 Å². The number of para-hydroxylation sites is 2. The van der Waals surface area contributed by atoms with Gasteiger partial charge in [0.05, 0.1) is 22.0 Å². The third-order valence-electron chi connectivity index (χ3n) is 4.12. The Labute approximate surface area is 146 Å². The average Bonchev–Trinajstić information content (AvgIpc) is 3.18. The molecular weight excluding hydrogens is 318 g/mol. The number of thiophene rings is 1. The Balaban J connectivity index is 2.04. The molecule has 0 bridgehead atoms. The van der Waals surface area contributed by atoms with Crippen LogP contribution in [-0.2, 0) is 0 Å². The van der Waals surface area contributed by atoms with Gasteiger partial charge in [-0.05, 0) is 43.3 Å². The highest BCUT2D eigenvalue weighted by atomic mass is 32.1. The van der Waals surface area contributed by atoms with Gasteiger partial charge in [0.1, 0.15) is 5.82 Å². The van der Waals surface area contributed by atoms with Gasteiger partial charge in [-0.3, -0.25) is 4.79 Å². The van der Waals surface area contributed by atoms with E-state index >= 15 is 0 Å². The van der Waals surface area contributed by atoms with Gasteiger partial charge in [-0.1, -0.05) is 32.0 Å². The Morgan fingerprint density at radius 2 is 1.88 bits per heavy atom. The summed E-state index contributed by atoms with van der Waals surface area (Å²) >= 11 is 1.46. The maximum Gasteiger partial charge on any atom is 0.261 e. The number of carbonyl (C=O) groups is 1. The van der Waals surface area contributed by atoms with Crippen LogP contribution in [0.15, 0.2) is 41.8 Å². The summed E-state index contributed by atoms with van der Waals surface area (Å²) in [7, 11) is 0. The summed E-state index contributed by atoms with van der Waals surface area (Å²) in [6.07, 6.45) is 0. The molecule has 2 heterocycles. The number of nitrogens with zero attached hydrogens (tertiary/aromatic N) is 2. The molecule has 3 rings (SSSR count). The summed E-state index contributed by atoms with van der Waals surface area (Å²) in [5.74, 6) is 1.13. The molecule has 5 heteroatoms. The first-order valence-electron chi connectivity index (χ1n) is 8.30. The van der Waals surface area contributed by atoms with Gasteiger partial charge >= 0.3 is 0 Å². The fraction of sp³-hybridized carbons (Fsp3) is 0.368. The van der Waals surface area contributed by atoms with Crippen molar-refractivity contribution in [1.82, 2.24) is 14.9 Å². The quantitative estimate of drug-likeness (QED) is 0.724. The zero-order valence-corrected chi connectivity index (χ0v) is 15.3. The van der Waals surface area contributed by atoms with Gasteiger partial charge in [0.2, 0.25) is 0 Å². The van der Waals surface area contributed by atoms with Gasteiger partial charge in [0.25, 0.3) is 5.91 Å². The number of benzene rings is 1. The first-order valence-corrected chi connectivity index (χ1v) is 9.18. The molecule has 1 amide bonds. The van der Waals surface area contributed by atoms with E-state index in [0.29, 0.717) is 0 Å². The Bertz CT molecular complexity index is 834. The summed E-state index contributed by atoms with van der Waals surface area (Å²) < 4.78 is 2.23. The van der Waals surface area contributed by atoms with Crippen molar-refractivity contribution in [2.75, 3.05) is 0 Å². The Morgan fingerprint density at radius 1 is 1.12 bits per heavy atom. The second kappa shape index (κ2) is 6.77. The van der Waals surface area contributed by atoms with Crippen molar-refractivity contribution in [3.05, 3.63) is 52.5 Å². The minimum atomic E-state index is -0.130. The summed E-state index contributed by atoms with van der Waals surface area (Å²) in [5, 5.41) is 5.10. The number of amides is 1. The molecule has 1 atom stereocenters. The molecule has 0 aliphatic carbocycles. The van der Waals surface area contributed by atoms with Crippen LogP contribution in [-0.4, -0.2) is 15.5 Å². The molecule has 2 aromatic heterocycles. The number of hydrogen-bond donors (Lipinski definition) is 1. The van der Waals surface area contributed by atoms with E-state index in [1.165, 1.54) is 11.3 Å². The van der Waals surface area contributed by atoms with Gasteiger partial charge in [0, 0.05) is 6.04 Å². The van der Waals surface area contributed by atoms with Crippen molar-refractivity contribution >= 4 is 28.3 Å². The molecule has 0 saturated heterocycles. The Morgan fingerprint density at radius 3 is 2.50 bits per heavy atom. The second-order valence-corrected chi connectivity index (χ2v) is 7.54. The molecule has 4 nitrogen and oxygen atoms in total. The molecule has 0 radical (unpaired) electrons. The number of imidazole rings is 1. The van der Waals surface area contributed by atoms with Gasteiger partial charge in [0.15, 0.2) is 0 Å². The molecule has 1 N–H and O–H groups in total. The Kier molecular flexibility index (Phi) is 4.71. The van der Waals surface area contributed by atoms with E-state index in [9.17, 15) is 4.79 Å². The zero-order chi connectivity index (χ0) is 17.3. The highest BCUT2D eigenvalue weighted by Crippen LogP contribution is 2.29. The first kappa shape index (κ1) is 16.7. The SMILES string of the molecule is CC(C)[C@@H](NC(=O)c1cccs1)c1nc2ccccc2n1C(C)C. The monoisotopic (exact) mass is 341 g/mol. The first-order chi connectivity index (χ1) is 11.5. The van der Waals surface area contributed by atoms with Crippen molar-refractivity contribution in [3.63, 3.8) is 0 Å². The predicted molar refractivity (Wildman–Crippen MR) is 99.5 cm³/mol. The average molecular weight is 341 g/mol. The van der Waals surface area contributed by atoms with Crippen molar-refractivity contribution in [3.8, 4) is 0 Å². The molecular formula is C19H23N3OS. The maximum atomic E-state index is 12.6. The molecule has 0 fully saturated rings. The molecule has 24 heavy (non-hydrogen) atoms. The number of carbonyl (C=O) groups excluding carboxylic acids is 1. The minimum absolute atomic E-state index is 0.0361. The number of hydrogen-bond acceptors (Lipinski definition) is 3. The van der Waals surface area contributed by atoms with Crippen molar-refractivity contribution in [1.29, 1.82) is 0 Å². The van der Waals surface area contributed by atoms with Crippen LogP contribution in [0.3, 0.4) is 0 Å². The standard InChI is InChI=1S/C19H23N3OS/c1-12(2)17(21-19(23)16-10-7-11-24-16)18-20-14-8-5-6-9-15(14)22(18)13(3)4/h5-13,17H,1-4H3,(H,21,23)/t17-/m1/s1. The molecule has 3 aromatic rings. The van der Waals surface area contributed by atoms with Crippen LogP contribution in [0.1, 0.15) is 55.3 Å². The lowest BCUT2D eigenvalue weighted by Crippen LogP contribution is -2.33. The summed E-state index contributed by atoms with van der Waals surface area (Å²) in [5.41, 5.74) is 2.08. The number of fused-ring (bicyclic) bond motifs is 1. The van der Waals surface area contributed by atoms with Gasteiger partial charge in [-0.25, -0.2) is 4.98 Å². The van der Waals surface area contributed by atoms with Crippen LogP contribution < -0.4 is 5.32 Å². The molecule has 0 aliphatic rings. The zero-order valence-electron chi connectivity index (χ0n) is 14.5. The van der Waals surface area contributed by atoms with Gasteiger partial charge < -0.3 is 9.88 Å². The number of aromatic nitrogens is 2. The van der Waals surface area contributed by atoms with Gasteiger partial charge in [-0.15, -0.1) is 11.3 Å². The van der Waals surface area contributed by atoms with Crippen LogP contribution in [0.4, 0.5) is 0 Å². The third kappa shape index (κ3) is 3.08. The molecule has 1 aromatic carbocycles. The van der Waals surface area contributed by atoms with E-state index in [-0.39, 0.29) is 23.9 Å². The van der Waals surface area contributed by atoms with Crippen LogP contribution in [0, 0.1) is 5.92 Å². The fourth-order valence-corrected chi connectivity index (χ4v) is 3.60. The van der Waals surface area contributed by atoms with Crippen LogP contribution in [0.5, 0.6) is 0 Å². The van der Waals surface area contributed by atoms with E-state index in [1.807, 2.05) is 35.7 Å². The van der Waals surface area contributed by atoms with Crippen LogP contribution >= 0.6 is 11.3 Å². The van der Waals surface area contributed by atoms with Crippen molar-refractivity contribution in [2.45, 2.75) is 39.8 Å². The van der Waals surface area contributed by atoms with Crippen molar-refractivity contribution < 1.29 is 4.79 Å². The smallest absolute Gasteiger partial charge is 0.261 e. The van der Waals surface area contributed by atoms with E-state index in [0.717, 1.165) is 21.7 Å². The van der Waals surface area contributed by atoms with Crippen LogP contribution in [0.25, 0.3) is 11.0 Å². The van der Waals surface area contributed by atoms with E-state index in [1.54, 1.807) is 0 Å². The minimum Gasteiger partial charge on any atom is -0.341 e. The molecule has 0 unspecified atom stereocenters. The van der Waals surface area contributed by atoms with Crippen LogP contribution in [0.2, 0.25) is 0 Å². The van der Waals surface area contributed by atoms with E-state index < -0.39 is 0 Å². The number of nitrogens with one attached hydrogen (secondary N) is 1. The van der Waals surface area contributed by atoms with Crippen molar-refractivity contribution in [2.24, 2.45) is 5.92 Å². The highest BCUT2D eigenvalue weighted by Gasteiger charge is 2.26. The molecule has 0 saturated carbocycles. The largest absolute Gasteiger partial charge is 0.341 e. The molecule has 126 valence electrons. The Hall–Kier alpha value is -2.14. The number of rotatable bonds is 5. The summed E-state index contributed by atoms with van der Waals surface area (Å²) in [6.45, 7) is 8.53. The lowest BCUT2D eigenvalue weighted by atomic mass is 10.0. The summed E-state index contributed by atoms with van der Waals surface area (Å²) in [6, 6.07) is 12.0. The summed E-state index contributed by atoms with van der Waals surface area (Å²) in [4.78, 5) is 18.1.